The Labute approximate surface area is 342 Å². The minimum atomic E-state index is 1.10. The Morgan fingerprint density at radius 3 is 1.69 bits per heavy atom. The molecule has 1 heterocycles. The van der Waals surface area contributed by atoms with E-state index < -0.39 is 0 Å². The Morgan fingerprint density at radius 2 is 0.845 bits per heavy atom. The summed E-state index contributed by atoms with van der Waals surface area (Å²) in [5, 5.41) is 7.64. The van der Waals surface area contributed by atoms with Crippen molar-refractivity contribution in [3.8, 4) is 44.5 Å². The molecule has 0 N–H and O–H groups in total. The maximum Gasteiger partial charge on any atom is 0.0540 e. The van der Waals surface area contributed by atoms with E-state index in [1.54, 1.807) is 0 Å². The van der Waals surface area contributed by atoms with E-state index in [1.165, 1.54) is 86.2 Å². The highest BCUT2D eigenvalue weighted by Gasteiger charge is 2.19. The van der Waals surface area contributed by atoms with E-state index in [-0.39, 0.29) is 0 Å². The van der Waals surface area contributed by atoms with Crippen LogP contribution in [0.4, 0.5) is 17.1 Å². The quantitative estimate of drug-likeness (QED) is 0.157. The molecule has 0 aliphatic heterocycles. The second-order valence-electron chi connectivity index (χ2n) is 14.9. The number of fused-ring (bicyclic) bond motifs is 5. The van der Waals surface area contributed by atoms with Crippen LogP contribution in [0.5, 0.6) is 0 Å². The normalized spacial score (nSPS) is 11.4. The molecule has 0 unspecified atom stereocenters. The Bertz CT molecular complexity index is 3280. The van der Waals surface area contributed by atoms with Crippen molar-refractivity contribution in [1.82, 2.24) is 0 Å². The lowest BCUT2D eigenvalue weighted by Crippen LogP contribution is -2.11. The van der Waals surface area contributed by atoms with Crippen molar-refractivity contribution in [2.45, 2.75) is 0 Å². The first-order valence-electron chi connectivity index (χ1n) is 19.8. The molecule has 0 aliphatic rings. The Morgan fingerprint density at radius 1 is 0.293 bits per heavy atom. The molecule has 2 heteroatoms. The van der Waals surface area contributed by atoms with Gasteiger partial charge in [-0.15, -0.1) is 11.3 Å². The van der Waals surface area contributed by atoms with Gasteiger partial charge >= 0.3 is 0 Å². The lowest BCUT2D eigenvalue weighted by atomic mass is 9.95. The summed E-state index contributed by atoms with van der Waals surface area (Å²) in [7, 11) is 0. The summed E-state index contributed by atoms with van der Waals surface area (Å²) in [6.45, 7) is 0. The van der Waals surface area contributed by atoms with Crippen LogP contribution in [0.15, 0.2) is 224 Å². The van der Waals surface area contributed by atoms with Crippen LogP contribution in [0.1, 0.15) is 0 Å². The van der Waals surface area contributed by atoms with Gasteiger partial charge in [-0.2, -0.15) is 0 Å². The number of anilines is 3. The first kappa shape index (κ1) is 34.0. The molecule has 1 nitrogen and oxygen atoms in total. The fraction of sp³-hybridized carbons (Fsp3) is 0. The van der Waals surface area contributed by atoms with Gasteiger partial charge in [-0.1, -0.05) is 170 Å². The van der Waals surface area contributed by atoms with Crippen LogP contribution in [-0.2, 0) is 0 Å². The lowest BCUT2D eigenvalue weighted by molar-refractivity contribution is 1.28. The largest absolute Gasteiger partial charge is 0.310 e. The number of hydrogen-bond acceptors (Lipinski definition) is 2. The lowest BCUT2D eigenvalue weighted by Gasteiger charge is -2.28. The van der Waals surface area contributed by atoms with E-state index in [0.29, 0.717) is 0 Å². The highest BCUT2D eigenvalue weighted by Crippen LogP contribution is 2.44. The molecule has 1 aromatic heterocycles. The molecular formula is C56H37NS. The van der Waals surface area contributed by atoms with E-state index in [1.807, 2.05) is 11.3 Å². The van der Waals surface area contributed by atoms with E-state index in [9.17, 15) is 0 Å². The molecular weight excluding hydrogens is 719 g/mol. The van der Waals surface area contributed by atoms with E-state index in [4.69, 9.17) is 0 Å². The molecule has 0 radical (unpaired) electrons. The average Bonchev–Trinajstić information content (AvgIpc) is 3.69. The van der Waals surface area contributed by atoms with Gasteiger partial charge in [0.15, 0.2) is 0 Å². The second kappa shape index (κ2) is 14.4. The fourth-order valence-corrected chi connectivity index (χ4v) is 9.78. The predicted octanol–water partition coefficient (Wildman–Crippen LogP) is 16.5. The highest BCUT2D eigenvalue weighted by molar-refractivity contribution is 7.25. The van der Waals surface area contributed by atoms with Gasteiger partial charge in [-0.25, -0.2) is 0 Å². The van der Waals surface area contributed by atoms with Crippen molar-refractivity contribution in [1.29, 1.82) is 0 Å². The minimum Gasteiger partial charge on any atom is -0.310 e. The zero-order valence-electron chi connectivity index (χ0n) is 31.7. The van der Waals surface area contributed by atoms with Crippen LogP contribution in [0.25, 0.3) is 86.2 Å². The average molecular weight is 756 g/mol. The van der Waals surface area contributed by atoms with Crippen LogP contribution >= 0.6 is 11.3 Å². The van der Waals surface area contributed by atoms with Gasteiger partial charge in [-0.3, -0.25) is 0 Å². The van der Waals surface area contributed by atoms with E-state index in [2.05, 4.69) is 229 Å². The molecule has 10 aromatic carbocycles. The molecule has 0 amide bonds. The number of rotatable bonds is 7. The third-order valence-corrected chi connectivity index (χ3v) is 12.6. The molecule has 272 valence electrons. The summed E-state index contributed by atoms with van der Waals surface area (Å²) >= 11 is 1.86. The van der Waals surface area contributed by atoms with Crippen LogP contribution < -0.4 is 4.90 Å². The highest BCUT2D eigenvalue weighted by atomic mass is 32.1. The van der Waals surface area contributed by atoms with Crippen molar-refractivity contribution in [3.05, 3.63) is 224 Å². The smallest absolute Gasteiger partial charge is 0.0540 e. The van der Waals surface area contributed by atoms with Crippen LogP contribution in [0, 0.1) is 0 Å². The fourth-order valence-electron chi connectivity index (χ4n) is 8.65. The first-order valence-corrected chi connectivity index (χ1v) is 20.6. The molecule has 0 atom stereocenters. The van der Waals surface area contributed by atoms with Gasteiger partial charge in [0.2, 0.25) is 0 Å². The summed E-state index contributed by atoms with van der Waals surface area (Å²) in [5.74, 6) is 0. The van der Waals surface area contributed by atoms with E-state index in [0.717, 1.165) is 17.1 Å². The van der Waals surface area contributed by atoms with Crippen LogP contribution in [0.3, 0.4) is 0 Å². The molecule has 11 aromatic rings. The summed E-state index contributed by atoms with van der Waals surface area (Å²) in [6, 6.07) is 81.9. The van der Waals surface area contributed by atoms with Gasteiger partial charge in [-0.05, 0) is 115 Å². The van der Waals surface area contributed by atoms with Gasteiger partial charge < -0.3 is 4.90 Å². The van der Waals surface area contributed by atoms with E-state index >= 15 is 0 Å². The first-order chi connectivity index (χ1) is 28.7. The molecule has 0 spiro atoms. The Balaban J connectivity index is 1.02. The standard InChI is InChI=1S/C56H37NS/c1-2-14-42-37-45(27-26-38(42)12-1)50-19-5-7-23-53(50)57(47-34-30-41(31-35-47)51-22-11-25-55-56(51)52-20-6-8-24-54(52)58-55)46-32-28-39(29-33-46)43-16-9-17-44(36-43)49-21-10-15-40-13-3-4-18-48(40)49/h1-37H. The third kappa shape index (κ3) is 6.03. The number of hydrogen-bond donors (Lipinski definition) is 0. The summed E-state index contributed by atoms with van der Waals surface area (Å²) in [6.07, 6.45) is 0. The topological polar surface area (TPSA) is 3.24 Å². The Kier molecular flexibility index (Phi) is 8.42. The Hall–Kier alpha value is -7.26. The number of thiophene rings is 1. The molecule has 0 bridgehead atoms. The number of para-hydroxylation sites is 1. The minimum absolute atomic E-state index is 1.10. The third-order valence-electron chi connectivity index (χ3n) is 11.5. The zero-order chi connectivity index (χ0) is 38.4. The molecule has 11 rings (SSSR count). The van der Waals surface area contributed by atoms with Gasteiger partial charge in [0.05, 0.1) is 5.69 Å². The number of benzene rings is 10. The molecule has 58 heavy (non-hydrogen) atoms. The number of nitrogens with zero attached hydrogens (tertiary/aromatic N) is 1. The van der Waals surface area contributed by atoms with Crippen molar-refractivity contribution in [2.75, 3.05) is 4.90 Å². The van der Waals surface area contributed by atoms with Crippen LogP contribution in [-0.4, -0.2) is 0 Å². The summed E-state index contributed by atoms with van der Waals surface area (Å²) in [4.78, 5) is 2.41. The monoisotopic (exact) mass is 755 g/mol. The van der Waals surface area contributed by atoms with Gasteiger partial charge in [0, 0.05) is 37.1 Å². The van der Waals surface area contributed by atoms with Gasteiger partial charge in [0.1, 0.15) is 0 Å². The maximum absolute atomic E-state index is 2.41. The summed E-state index contributed by atoms with van der Waals surface area (Å²) in [5.41, 5.74) is 13.0. The van der Waals surface area contributed by atoms with Crippen molar-refractivity contribution in [2.24, 2.45) is 0 Å². The maximum atomic E-state index is 2.41. The van der Waals surface area contributed by atoms with Crippen molar-refractivity contribution >= 4 is 70.1 Å². The molecule has 0 aliphatic carbocycles. The second-order valence-corrected chi connectivity index (χ2v) is 16.0. The predicted molar refractivity (Wildman–Crippen MR) is 251 cm³/mol. The van der Waals surface area contributed by atoms with Gasteiger partial charge in [0.25, 0.3) is 0 Å². The SMILES string of the molecule is c1cc(-c2ccc(N(c3ccc(-c4cccc5sc6ccccc6c45)cc3)c3ccccc3-c3ccc4ccccc4c3)cc2)cc(-c2cccc3ccccc23)c1. The van der Waals surface area contributed by atoms with Crippen LogP contribution in [0.2, 0.25) is 0 Å². The van der Waals surface area contributed by atoms with Crippen molar-refractivity contribution in [3.63, 3.8) is 0 Å². The molecule has 0 saturated heterocycles. The van der Waals surface area contributed by atoms with Crippen molar-refractivity contribution < 1.29 is 0 Å². The summed E-state index contributed by atoms with van der Waals surface area (Å²) < 4.78 is 2.64. The molecule has 0 fully saturated rings. The molecule has 0 saturated carbocycles. The zero-order valence-corrected chi connectivity index (χ0v) is 32.5.